The largest absolute Gasteiger partial charge is 0.466 e. The van der Waals surface area contributed by atoms with E-state index in [4.69, 9.17) is 14.8 Å². The van der Waals surface area contributed by atoms with Crippen LogP contribution in [-0.4, -0.2) is 36.8 Å². The van der Waals surface area contributed by atoms with Gasteiger partial charge in [-0.25, -0.2) is 0 Å². The average molecular weight is 329 g/mol. The highest BCUT2D eigenvalue weighted by Gasteiger charge is 2.24. The number of nitrogens with one attached hydrogen (secondary N) is 1. The van der Waals surface area contributed by atoms with E-state index in [0.717, 1.165) is 11.3 Å². The highest BCUT2D eigenvalue weighted by atomic mass is 16.6. The Balaban J connectivity index is 1.73. The first-order valence-corrected chi connectivity index (χ1v) is 7.78. The van der Waals surface area contributed by atoms with Crippen LogP contribution >= 0.6 is 0 Å². The molecule has 1 amide bonds. The number of hydrogen-bond acceptors (Lipinski definition) is 6. The summed E-state index contributed by atoms with van der Waals surface area (Å²) in [6.45, 7) is 2.31. The van der Waals surface area contributed by atoms with E-state index in [9.17, 15) is 9.59 Å². The number of nitriles is 1. The Hall–Kier alpha value is -2.88. The Kier molecular flexibility index (Phi) is 6.32. The van der Waals surface area contributed by atoms with Crippen LogP contribution in [0.5, 0.6) is 0 Å². The molecule has 7 nitrogen and oxygen atoms in total. The van der Waals surface area contributed by atoms with Gasteiger partial charge in [0, 0.05) is 13.0 Å². The van der Waals surface area contributed by atoms with Gasteiger partial charge in [0.2, 0.25) is 5.91 Å². The molecule has 7 heteroatoms. The number of amides is 1. The number of ether oxygens (including phenoxy) is 1. The van der Waals surface area contributed by atoms with Crippen LogP contribution < -0.4 is 5.32 Å². The third-order valence-corrected chi connectivity index (χ3v) is 3.45. The number of benzene rings is 1. The Morgan fingerprint density at radius 1 is 1.42 bits per heavy atom. The quantitative estimate of drug-likeness (QED) is 0.764. The van der Waals surface area contributed by atoms with Gasteiger partial charge in [0.1, 0.15) is 6.10 Å². The summed E-state index contributed by atoms with van der Waals surface area (Å²) in [6, 6.07) is 9.11. The molecule has 2 rings (SSSR count). The number of hydrogen-bond donors (Lipinski definition) is 1. The molecule has 0 aliphatic carbocycles. The van der Waals surface area contributed by atoms with E-state index in [1.807, 2.05) is 12.1 Å². The summed E-state index contributed by atoms with van der Waals surface area (Å²) in [4.78, 5) is 28.3. The first-order valence-electron chi connectivity index (χ1n) is 7.78. The molecular formula is C17H19N3O4. The minimum absolute atomic E-state index is 0.151. The highest BCUT2D eigenvalue weighted by Crippen LogP contribution is 2.19. The summed E-state index contributed by atoms with van der Waals surface area (Å²) >= 11 is 0. The summed E-state index contributed by atoms with van der Waals surface area (Å²) in [5.74, 6) is -0.526. The van der Waals surface area contributed by atoms with Crippen molar-refractivity contribution in [3.05, 3.63) is 35.4 Å². The third-order valence-electron chi connectivity index (χ3n) is 3.45. The van der Waals surface area contributed by atoms with Crippen molar-refractivity contribution < 1.29 is 19.2 Å². The van der Waals surface area contributed by atoms with E-state index in [2.05, 4.69) is 16.5 Å². The van der Waals surface area contributed by atoms with Gasteiger partial charge in [-0.05, 0) is 24.6 Å². The zero-order valence-corrected chi connectivity index (χ0v) is 13.4. The van der Waals surface area contributed by atoms with Crippen LogP contribution in [0.15, 0.2) is 29.4 Å². The average Bonchev–Trinajstić information content (AvgIpc) is 3.03. The Morgan fingerprint density at radius 2 is 2.17 bits per heavy atom. The molecule has 0 fully saturated rings. The number of rotatable bonds is 7. The fraction of sp³-hybridized carbons (Fsp3) is 0.412. The molecule has 126 valence electrons. The number of oxime groups is 1. The molecule has 1 aromatic carbocycles. The number of nitrogens with zero attached hydrogens (tertiary/aromatic N) is 2. The normalized spacial score (nSPS) is 15.8. The second-order valence-corrected chi connectivity index (χ2v) is 5.27. The SMILES string of the molecule is CCOC(=O)CCNC(=O)CC1CC(c2ccc(C#N)cc2)=NO1. The Bertz CT molecular complexity index is 661. The summed E-state index contributed by atoms with van der Waals surface area (Å²) in [5, 5.41) is 15.5. The van der Waals surface area contributed by atoms with E-state index in [-0.39, 0.29) is 37.4 Å². The minimum atomic E-state index is -0.332. The standard InChI is InChI=1S/C17H19N3O4/c1-2-23-17(22)7-8-19-16(21)10-14-9-15(20-24-14)13-5-3-12(11-18)4-6-13/h3-6,14H,2,7-10H2,1H3,(H,19,21). The molecular weight excluding hydrogens is 310 g/mol. The lowest BCUT2D eigenvalue weighted by molar-refractivity contribution is -0.143. The maximum atomic E-state index is 11.8. The molecule has 0 saturated carbocycles. The van der Waals surface area contributed by atoms with Crippen LogP contribution in [0.4, 0.5) is 0 Å². The van der Waals surface area contributed by atoms with Gasteiger partial charge in [0.25, 0.3) is 0 Å². The maximum Gasteiger partial charge on any atom is 0.307 e. The van der Waals surface area contributed by atoms with E-state index < -0.39 is 0 Å². The molecule has 1 aliphatic rings. The van der Waals surface area contributed by atoms with Crippen LogP contribution in [-0.2, 0) is 19.2 Å². The molecule has 24 heavy (non-hydrogen) atoms. The minimum Gasteiger partial charge on any atom is -0.466 e. The van der Waals surface area contributed by atoms with E-state index >= 15 is 0 Å². The molecule has 0 aromatic heterocycles. The van der Waals surface area contributed by atoms with Crippen LogP contribution in [0, 0.1) is 11.3 Å². The van der Waals surface area contributed by atoms with Crippen LogP contribution in [0.1, 0.15) is 37.3 Å². The van der Waals surface area contributed by atoms with Crippen molar-refractivity contribution in [2.75, 3.05) is 13.2 Å². The zero-order chi connectivity index (χ0) is 17.4. The molecule has 0 spiro atoms. The van der Waals surface area contributed by atoms with Crippen LogP contribution in [0.25, 0.3) is 0 Å². The molecule has 1 aliphatic heterocycles. The second kappa shape index (κ2) is 8.67. The van der Waals surface area contributed by atoms with Crippen molar-refractivity contribution in [3.8, 4) is 6.07 Å². The lowest BCUT2D eigenvalue weighted by Gasteiger charge is -2.08. The topological polar surface area (TPSA) is 101 Å². The first-order chi connectivity index (χ1) is 11.6. The van der Waals surface area contributed by atoms with Crippen molar-refractivity contribution in [1.82, 2.24) is 5.32 Å². The van der Waals surface area contributed by atoms with Crippen LogP contribution in [0.3, 0.4) is 0 Å². The van der Waals surface area contributed by atoms with Gasteiger partial charge in [-0.2, -0.15) is 5.26 Å². The monoisotopic (exact) mass is 329 g/mol. The van der Waals surface area contributed by atoms with E-state index in [1.165, 1.54) is 0 Å². The Morgan fingerprint density at radius 3 is 2.83 bits per heavy atom. The molecule has 1 unspecified atom stereocenters. The van der Waals surface area contributed by atoms with Gasteiger partial charge in [-0.15, -0.1) is 0 Å². The molecule has 0 saturated heterocycles. The zero-order valence-electron chi connectivity index (χ0n) is 13.4. The van der Waals surface area contributed by atoms with Crippen molar-refractivity contribution in [3.63, 3.8) is 0 Å². The van der Waals surface area contributed by atoms with Crippen LogP contribution in [0.2, 0.25) is 0 Å². The molecule has 0 bridgehead atoms. The predicted octanol–water partition coefficient (Wildman–Crippen LogP) is 1.51. The summed E-state index contributed by atoms with van der Waals surface area (Å²) in [7, 11) is 0. The lowest BCUT2D eigenvalue weighted by Crippen LogP contribution is -2.29. The van der Waals surface area contributed by atoms with Gasteiger partial charge in [0.05, 0.1) is 36.8 Å². The van der Waals surface area contributed by atoms with Gasteiger partial charge >= 0.3 is 5.97 Å². The fourth-order valence-electron chi connectivity index (χ4n) is 2.26. The van der Waals surface area contributed by atoms with Crippen molar-refractivity contribution in [2.45, 2.75) is 32.3 Å². The molecule has 1 aromatic rings. The molecule has 1 heterocycles. The van der Waals surface area contributed by atoms with Crippen molar-refractivity contribution in [1.29, 1.82) is 5.26 Å². The summed E-state index contributed by atoms with van der Waals surface area (Å²) in [5.41, 5.74) is 2.21. The molecule has 1 atom stereocenters. The van der Waals surface area contributed by atoms with Crippen molar-refractivity contribution in [2.24, 2.45) is 5.16 Å². The van der Waals surface area contributed by atoms with E-state index in [0.29, 0.717) is 18.6 Å². The van der Waals surface area contributed by atoms with Gasteiger partial charge in [-0.1, -0.05) is 17.3 Å². The highest BCUT2D eigenvalue weighted by molar-refractivity contribution is 6.01. The van der Waals surface area contributed by atoms with E-state index in [1.54, 1.807) is 19.1 Å². The molecule has 1 N–H and O–H groups in total. The number of esters is 1. The smallest absolute Gasteiger partial charge is 0.307 e. The third kappa shape index (κ3) is 5.09. The maximum absolute atomic E-state index is 11.8. The Labute approximate surface area is 140 Å². The number of carbonyl (C=O) groups is 2. The summed E-state index contributed by atoms with van der Waals surface area (Å²) in [6.07, 6.45) is 0.528. The van der Waals surface area contributed by atoms with Crippen molar-refractivity contribution >= 4 is 17.6 Å². The lowest BCUT2D eigenvalue weighted by atomic mass is 10.0. The van der Waals surface area contributed by atoms with Gasteiger partial charge < -0.3 is 14.9 Å². The molecule has 0 radical (unpaired) electrons. The number of carbonyl (C=O) groups excluding carboxylic acids is 2. The first kappa shape index (κ1) is 17.5. The van der Waals surface area contributed by atoms with Gasteiger partial charge in [0.15, 0.2) is 0 Å². The summed E-state index contributed by atoms with van der Waals surface area (Å²) < 4.78 is 4.78. The van der Waals surface area contributed by atoms with Gasteiger partial charge in [-0.3, -0.25) is 9.59 Å². The fourth-order valence-corrected chi connectivity index (χ4v) is 2.26. The second-order valence-electron chi connectivity index (χ2n) is 5.27. The predicted molar refractivity (Wildman–Crippen MR) is 86.1 cm³/mol.